The Morgan fingerprint density at radius 1 is 0.710 bits per heavy atom. The van der Waals surface area contributed by atoms with Crippen LogP contribution in [0.3, 0.4) is 0 Å². The summed E-state index contributed by atoms with van der Waals surface area (Å²) in [6.45, 7) is 1.56. The molecule has 0 spiro atoms. The van der Waals surface area contributed by atoms with Crippen molar-refractivity contribution in [3.63, 3.8) is 0 Å². The molecule has 162 valence electrons. The van der Waals surface area contributed by atoms with E-state index in [9.17, 15) is 17.6 Å². The Kier molecular flexibility index (Phi) is 6.39. The van der Waals surface area contributed by atoms with Crippen LogP contribution in [0.1, 0.15) is 12.8 Å². The van der Waals surface area contributed by atoms with E-state index in [1.54, 1.807) is 18.2 Å². The normalized spacial score (nSPS) is 14.8. The summed E-state index contributed by atoms with van der Waals surface area (Å²) in [4.78, 5) is 8.44. The van der Waals surface area contributed by atoms with Gasteiger partial charge in [0.05, 0.1) is 11.4 Å². The fourth-order valence-electron chi connectivity index (χ4n) is 2.90. The predicted molar refractivity (Wildman–Crippen MR) is 110 cm³/mol. The Labute approximate surface area is 176 Å². The molecule has 0 unspecified atom stereocenters. The summed E-state index contributed by atoms with van der Waals surface area (Å²) >= 11 is 0. The number of anilines is 3. The van der Waals surface area contributed by atoms with Crippen molar-refractivity contribution in [2.24, 2.45) is 0 Å². The van der Waals surface area contributed by atoms with E-state index in [0.29, 0.717) is 16.8 Å². The second-order valence-corrected chi connectivity index (χ2v) is 7.17. The molecule has 0 radical (unpaired) electrons. The molecule has 1 heterocycles. The molecule has 0 aromatic heterocycles. The zero-order valence-electron chi connectivity index (χ0n) is 16.4. The van der Waals surface area contributed by atoms with E-state index in [4.69, 9.17) is 0 Å². The van der Waals surface area contributed by atoms with E-state index in [-0.39, 0.29) is 23.2 Å². The van der Waals surface area contributed by atoms with Gasteiger partial charge in [0.2, 0.25) is 0 Å². The molecule has 3 aromatic rings. The molecule has 31 heavy (non-hydrogen) atoms. The second kappa shape index (κ2) is 9.36. The Bertz CT molecular complexity index is 1050. The van der Waals surface area contributed by atoms with Crippen LogP contribution in [0.4, 0.5) is 34.6 Å². The molecule has 2 N–H and O–H groups in total. The third kappa shape index (κ3) is 5.34. The molecule has 4 nitrogen and oxygen atoms in total. The van der Waals surface area contributed by atoms with Crippen LogP contribution >= 0.6 is 0 Å². The summed E-state index contributed by atoms with van der Waals surface area (Å²) in [5.74, 6) is -3.09. The number of halogens is 4. The number of hydrogen-bond acceptors (Lipinski definition) is 4. The molecule has 1 saturated heterocycles. The highest BCUT2D eigenvalue weighted by atomic mass is 19.2. The van der Waals surface area contributed by atoms with Crippen molar-refractivity contribution in [3.8, 4) is 11.1 Å². The first-order valence-electron chi connectivity index (χ1n) is 9.83. The van der Waals surface area contributed by atoms with E-state index in [0.717, 1.165) is 32.1 Å². The molecule has 1 saturated carbocycles. The minimum absolute atomic E-state index is 0.0178. The molecule has 3 aromatic carbocycles. The average molecular weight is 432 g/mol. The summed E-state index contributed by atoms with van der Waals surface area (Å²) in [7, 11) is 0. The van der Waals surface area contributed by atoms with Crippen molar-refractivity contribution in [1.82, 2.24) is 0 Å². The Balaban J connectivity index is 0.000000520. The molecule has 0 bridgehead atoms. The maximum absolute atomic E-state index is 14.6. The fourth-order valence-corrected chi connectivity index (χ4v) is 2.90. The second-order valence-electron chi connectivity index (χ2n) is 7.17. The van der Waals surface area contributed by atoms with Gasteiger partial charge >= 0.3 is 0 Å². The Hall–Kier alpha value is -3.10. The van der Waals surface area contributed by atoms with Crippen molar-refractivity contribution in [3.05, 3.63) is 77.9 Å². The molecule has 1 aliphatic heterocycles. The summed E-state index contributed by atoms with van der Waals surface area (Å²) in [6, 6.07) is 12.7. The summed E-state index contributed by atoms with van der Waals surface area (Å²) < 4.78 is 55.6. The highest BCUT2D eigenvalue weighted by Crippen LogP contribution is 2.35. The molecule has 0 atom stereocenters. The van der Waals surface area contributed by atoms with Crippen LogP contribution in [-0.2, 0) is 9.78 Å². The van der Waals surface area contributed by atoms with E-state index >= 15 is 0 Å². The van der Waals surface area contributed by atoms with Crippen molar-refractivity contribution in [2.45, 2.75) is 18.9 Å². The highest BCUT2D eigenvalue weighted by Gasteiger charge is 2.24. The third-order valence-corrected chi connectivity index (χ3v) is 4.77. The lowest BCUT2D eigenvalue weighted by Crippen LogP contribution is -2.14. The van der Waals surface area contributed by atoms with Gasteiger partial charge in [-0.05, 0) is 60.4 Å². The van der Waals surface area contributed by atoms with Crippen LogP contribution in [0.25, 0.3) is 11.1 Å². The standard InChI is InChI=1S/C21H16F4N2.C2H4O2/c22-14-4-1-12(2-5-14)13-3-9-18(17(24)11-13)27-21-19(26-15-6-7-15)10-8-16(23)20(21)25;1-2-4-3-1/h1-5,8-11,15,26-27H,6-7H2;1-2H2. The van der Waals surface area contributed by atoms with E-state index in [1.165, 1.54) is 30.3 Å². The quantitative estimate of drug-likeness (QED) is 0.373. The Morgan fingerprint density at radius 3 is 1.90 bits per heavy atom. The van der Waals surface area contributed by atoms with Gasteiger partial charge in [-0.15, -0.1) is 0 Å². The number of hydrogen-bond donors (Lipinski definition) is 2. The lowest BCUT2D eigenvalue weighted by Gasteiger charge is -2.16. The fraction of sp³-hybridized carbons (Fsp3) is 0.217. The maximum atomic E-state index is 14.6. The molecule has 0 amide bonds. The minimum Gasteiger partial charge on any atom is -0.381 e. The van der Waals surface area contributed by atoms with Gasteiger partial charge in [0, 0.05) is 6.04 Å². The van der Waals surface area contributed by atoms with Gasteiger partial charge in [-0.1, -0.05) is 18.2 Å². The SMILES string of the molecule is C1COO1.Fc1ccc(-c2ccc(Nc3c(NC4CC4)ccc(F)c3F)c(F)c2)cc1. The van der Waals surface area contributed by atoms with Gasteiger partial charge in [0.25, 0.3) is 0 Å². The number of nitrogens with one attached hydrogen (secondary N) is 2. The molecule has 2 fully saturated rings. The van der Waals surface area contributed by atoms with Crippen LogP contribution in [0, 0.1) is 23.3 Å². The van der Waals surface area contributed by atoms with E-state index in [1.807, 2.05) is 0 Å². The van der Waals surface area contributed by atoms with Crippen LogP contribution in [0.2, 0.25) is 0 Å². The van der Waals surface area contributed by atoms with Crippen molar-refractivity contribution < 1.29 is 27.3 Å². The summed E-state index contributed by atoms with van der Waals surface area (Å²) in [5.41, 5.74) is 1.47. The van der Waals surface area contributed by atoms with Gasteiger partial charge in [-0.25, -0.2) is 27.3 Å². The first-order chi connectivity index (χ1) is 15.0. The van der Waals surface area contributed by atoms with Gasteiger partial charge < -0.3 is 10.6 Å². The van der Waals surface area contributed by atoms with Crippen LogP contribution < -0.4 is 10.6 Å². The zero-order valence-corrected chi connectivity index (χ0v) is 16.4. The first-order valence-corrected chi connectivity index (χ1v) is 9.83. The smallest absolute Gasteiger partial charge is 0.184 e. The van der Waals surface area contributed by atoms with Crippen LogP contribution in [0.5, 0.6) is 0 Å². The van der Waals surface area contributed by atoms with Gasteiger partial charge in [0.1, 0.15) is 30.5 Å². The Morgan fingerprint density at radius 2 is 1.32 bits per heavy atom. The number of rotatable bonds is 5. The molecule has 2 aliphatic rings. The summed E-state index contributed by atoms with van der Waals surface area (Å²) in [5, 5.41) is 5.77. The number of benzene rings is 3. The van der Waals surface area contributed by atoms with Crippen LogP contribution in [-0.4, -0.2) is 19.3 Å². The maximum Gasteiger partial charge on any atom is 0.184 e. The van der Waals surface area contributed by atoms with E-state index < -0.39 is 17.5 Å². The van der Waals surface area contributed by atoms with Crippen LogP contribution in [0.15, 0.2) is 54.6 Å². The molecule has 1 aliphatic carbocycles. The van der Waals surface area contributed by atoms with Gasteiger partial charge in [-0.2, -0.15) is 0 Å². The first kappa shape index (κ1) is 21.1. The average Bonchev–Trinajstić information content (AvgIpc) is 3.52. The summed E-state index contributed by atoms with van der Waals surface area (Å²) in [6.07, 6.45) is 1.92. The topological polar surface area (TPSA) is 42.5 Å². The molecule has 5 rings (SSSR count). The lowest BCUT2D eigenvalue weighted by molar-refractivity contribution is -0.382. The van der Waals surface area contributed by atoms with Crippen molar-refractivity contribution in [2.75, 3.05) is 23.8 Å². The molecular formula is C23H20F4N2O2. The third-order valence-electron chi connectivity index (χ3n) is 4.77. The minimum atomic E-state index is -1.07. The van der Waals surface area contributed by atoms with Crippen molar-refractivity contribution >= 4 is 17.1 Å². The molecule has 8 heteroatoms. The molecular weight excluding hydrogens is 412 g/mol. The largest absolute Gasteiger partial charge is 0.381 e. The van der Waals surface area contributed by atoms with Gasteiger partial charge in [0.15, 0.2) is 11.6 Å². The van der Waals surface area contributed by atoms with Gasteiger partial charge in [-0.3, -0.25) is 0 Å². The monoisotopic (exact) mass is 432 g/mol. The highest BCUT2D eigenvalue weighted by molar-refractivity contribution is 5.77. The zero-order chi connectivity index (χ0) is 21.8. The lowest BCUT2D eigenvalue weighted by atomic mass is 10.0. The predicted octanol–water partition coefficient (Wildman–Crippen LogP) is 6.18. The van der Waals surface area contributed by atoms with Crippen molar-refractivity contribution in [1.29, 1.82) is 0 Å². The van der Waals surface area contributed by atoms with E-state index in [2.05, 4.69) is 20.4 Å².